The van der Waals surface area contributed by atoms with Crippen molar-refractivity contribution in [1.82, 2.24) is 0 Å². The number of ether oxygens (including phenoxy) is 4. The standard InChI is InChI=1S/C27H34F2O7/c1-24(28,29)22(31)36-26-7-15-4-18(10-26)27(19(5-15)11-26)34-13-20(35-27)12-33-23(32)25-6-14-2-16(8-25)21(30)17(3-14)9-25/h14-20H,2-13H2,1H3. The summed E-state index contributed by atoms with van der Waals surface area (Å²) in [5, 5.41) is 0. The summed E-state index contributed by atoms with van der Waals surface area (Å²) >= 11 is 0. The summed E-state index contributed by atoms with van der Waals surface area (Å²) in [6.45, 7) is 0.999. The lowest BCUT2D eigenvalue weighted by Gasteiger charge is -2.62. The molecule has 1 heterocycles. The molecule has 5 unspecified atom stereocenters. The molecule has 0 aromatic rings. The molecule has 7 nitrogen and oxygen atoms in total. The number of alkyl halides is 2. The maximum Gasteiger partial charge on any atom is 0.377 e. The predicted molar refractivity (Wildman–Crippen MR) is 119 cm³/mol. The molecular formula is C27H34F2O7. The summed E-state index contributed by atoms with van der Waals surface area (Å²) in [7, 11) is 0. The monoisotopic (exact) mass is 508 g/mol. The molecule has 0 radical (unpaired) electrons. The molecule has 0 aromatic carbocycles. The van der Waals surface area contributed by atoms with E-state index in [4.69, 9.17) is 18.9 Å². The number of rotatable bonds is 5. The molecule has 5 atom stereocenters. The normalized spacial score (nSPS) is 50.2. The molecule has 9 heteroatoms. The minimum Gasteiger partial charge on any atom is -0.462 e. The summed E-state index contributed by atoms with van der Waals surface area (Å²) in [6.07, 6.45) is 6.74. The number of hydrogen-bond acceptors (Lipinski definition) is 7. The third-order valence-corrected chi connectivity index (χ3v) is 10.6. The van der Waals surface area contributed by atoms with Gasteiger partial charge in [0.15, 0.2) is 5.79 Å². The van der Waals surface area contributed by atoms with Gasteiger partial charge in [-0.3, -0.25) is 9.59 Å². The molecule has 9 rings (SSSR count). The van der Waals surface area contributed by atoms with Crippen molar-refractivity contribution in [2.24, 2.45) is 40.9 Å². The highest BCUT2D eigenvalue weighted by Gasteiger charge is 2.68. The number of ketones is 1. The molecule has 1 spiro atoms. The number of hydrogen-bond donors (Lipinski definition) is 0. The average molecular weight is 509 g/mol. The Morgan fingerprint density at radius 3 is 2.25 bits per heavy atom. The van der Waals surface area contributed by atoms with Gasteiger partial charge < -0.3 is 18.9 Å². The van der Waals surface area contributed by atoms with Crippen LogP contribution in [0.2, 0.25) is 0 Å². The third-order valence-electron chi connectivity index (χ3n) is 10.6. The second-order valence-corrected chi connectivity index (χ2v) is 13.2. The van der Waals surface area contributed by atoms with Gasteiger partial charge in [0, 0.05) is 30.6 Å². The van der Waals surface area contributed by atoms with E-state index >= 15 is 0 Å². The van der Waals surface area contributed by atoms with Crippen molar-refractivity contribution >= 4 is 17.7 Å². The van der Waals surface area contributed by atoms with Gasteiger partial charge in [-0.25, -0.2) is 4.79 Å². The van der Waals surface area contributed by atoms with Gasteiger partial charge >= 0.3 is 17.9 Å². The third kappa shape index (κ3) is 3.36. The highest BCUT2D eigenvalue weighted by Crippen LogP contribution is 2.64. The van der Waals surface area contributed by atoms with E-state index in [1.165, 1.54) is 0 Å². The van der Waals surface area contributed by atoms with Crippen LogP contribution in [0.25, 0.3) is 0 Å². The molecule has 8 saturated carbocycles. The van der Waals surface area contributed by atoms with Crippen molar-refractivity contribution in [1.29, 1.82) is 0 Å². The molecule has 36 heavy (non-hydrogen) atoms. The Morgan fingerprint density at radius 1 is 0.972 bits per heavy atom. The highest BCUT2D eigenvalue weighted by molar-refractivity contribution is 5.89. The molecule has 9 fully saturated rings. The van der Waals surface area contributed by atoms with Gasteiger partial charge in [-0.15, -0.1) is 0 Å². The Bertz CT molecular complexity index is 971. The lowest BCUT2D eigenvalue weighted by atomic mass is 9.49. The molecule has 8 bridgehead atoms. The lowest BCUT2D eigenvalue weighted by molar-refractivity contribution is -0.322. The Kier molecular flexibility index (Phi) is 4.89. The van der Waals surface area contributed by atoms with Crippen molar-refractivity contribution in [3.05, 3.63) is 0 Å². The maximum atomic E-state index is 13.6. The molecule has 0 N–H and O–H groups in total. The number of halogens is 2. The van der Waals surface area contributed by atoms with Crippen molar-refractivity contribution in [2.75, 3.05) is 13.2 Å². The zero-order valence-corrected chi connectivity index (χ0v) is 20.6. The van der Waals surface area contributed by atoms with Crippen LogP contribution in [0.5, 0.6) is 0 Å². The van der Waals surface area contributed by atoms with Crippen LogP contribution < -0.4 is 0 Å². The van der Waals surface area contributed by atoms with Crippen LogP contribution in [-0.2, 0) is 33.3 Å². The highest BCUT2D eigenvalue weighted by atomic mass is 19.3. The molecule has 1 saturated heterocycles. The zero-order chi connectivity index (χ0) is 25.1. The number of esters is 2. The molecule has 1 aliphatic heterocycles. The molecule has 0 amide bonds. The van der Waals surface area contributed by atoms with Crippen LogP contribution in [-0.4, -0.2) is 54.4 Å². The van der Waals surface area contributed by atoms with Gasteiger partial charge in [-0.1, -0.05) is 0 Å². The number of Topliss-reactive ketones (excluding diaryl/α,β-unsaturated/α-hetero) is 1. The Morgan fingerprint density at radius 2 is 1.61 bits per heavy atom. The van der Waals surface area contributed by atoms with Crippen LogP contribution in [0.15, 0.2) is 0 Å². The van der Waals surface area contributed by atoms with Gasteiger partial charge in [0.2, 0.25) is 0 Å². The minimum atomic E-state index is -3.51. The van der Waals surface area contributed by atoms with E-state index in [9.17, 15) is 23.2 Å². The smallest absolute Gasteiger partial charge is 0.377 e. The van der Waals surface area contributed by atoms with Crippen molar-refractivity contribution in [3.63, 3.8) is 0 Å². The average Bonchev–Trinajstić information content (AvgIpc) is 3.23. The van der Waals surface area contributed by atoms with E-state index < -0.39 is 28.7 Å². The van der Waals surface area contributed by atoms with E-state index in [1.807, 2.05) is 0 Å². The maximum absolute atomic E-state index is 13.6. The first-order chi connectivity index (χ1) is 17.0. The zero-order valence-electron chi connectivity index (χ0n) is 20.6. The first-order valence-electron chi connectivity index (χ1n) is 13.6. The largest absolute Gasteiger partial charge is 0.462 e. The lowest BCUT2D eigenvalue weighted by Crippen LogP contribution is -2.65. The van der Waals surface area contributed by atoms with Crippen LogP contribution in [0.4, 0.5) is 8.78 Å². The van der Waals surface area contributed by atoms with E-state index in [0.717, 1.165) is 32.1 Å². The van der Waals surface area contributed by atoms with Gasteiger partial charge in [0.1, 0.15) is 24.1 Å². The second-order valence-electron chi connectivity index (χ2n) is 13.2. The fourth-order valence-electron chi connectivity index (χ4n) is 9.65. The summed E-state index contributed by atoms with van der Waals surface area (Å²) in [4.78, 5) is 37.7. The topological polar surface area (TPSA) is 88.1 Å². The first kappa shape index (κ1) is 23.5. The van der Waals surface area contributed by atoms with Gasteiger partial charge in [0.05, 0.1) is 12.0 Å². The summed E-state index contributed by atoms with van der Waals surface area (Å²) in [5.74, 6) is -4.96. The summed E-state index contributed by atoms with van der Waals surface area (Å²) < 4.78 is 51.2. The second kappa shape index (κ2) is 7.49. The summed E-state index contributed by atoms with van der Waals surface area (Å²) in [5.41, 5.74) is -1.40. The van der Waals surface area contributed by atoms with E-state index in [0.29, 0.717) is 63.3 Å². The summed E-state index contributed by atoms with van der Waals surface area (Å²) in [6, 6.07) is 0. The quantitative estimate of drug-likeness (QED) is 0.522. The van der Waals surface area contributed by atoms with E-state index in [2.05, 4.69) is 0 Å². The van der Waals surface area contributed by atoms with Crippen molar-refractivity contribution in [3.8, 4) is 0 Å². The molecule has 8 aliphatic carbocycles. The number of carbonyl (C=O) groups is 3. The Hall–Kier alpha value is -1.61. The van der Waals surface area contributed by atoms with Crippen LogP contribution in [0, 0.1) is 40.9 Å². The first-order valence-corrected chi connectivity index (χ1v) is 13.6. The molecule has 198 valence electrons. The fraction of sp³-hybridized carbons (Fsp3) is 0.889. The predicted octanol–water partition coefficient (Wildman–Crippen LogP) is 3.81. The minimum absolute atomic E-state index is 0.0141. The fourth-order valence-corrected chi connectivity index (χ4v) is 9.65. The van der Waals surface area contributed by atoms with E-state index in [-0.39, 0.29) is 42.4 Å². The van der Waals surface area contributed by atoms with Crippen molar-refractivity contribution in [2.45, 2.75) is 94.5 Å². The van der Waals surface area contributed by atoms with E-state index in [1.54, 1.807) is 0 Å². The number of carbonyl (C=O) groups excluding carboxylic acids is 3. The SMILES string of the molecule is CC(F)(F)C(=O)OC12CC3CC(C1)C1(OCC(COC(=O)C45CC6CC(C4)C(=O)C(C6)C5)O1)C(C3)C2. The van der Waals surface area contributed by atoms with Gasteiger partial charge in [-0.2, -0.15) is 8.78 Å². The van der Waals surface area contributed by atoms with Crippen LogP contribution in [0.1, 0.15) is 71.1 Å². The van der Waals surface area contributed by atoms with Crippen molar-refractivity contribution < 1.29 is 42.1 Å². The van der Waals surface area contributed by atoms with Crippen LogP contribution in [0.3, 0.4) is 0 Å². The molecule has 9 aliphatic rings. The van der Waals surface area contributed by atoms with Crippen LogP contribution >= 0.6 is 0 Å². The molecular weight excluding hydrogens is 474 g/mol. The van der Waals surface area contributed by atoms with Gasteiger partial charge in [0.25, 0.3) is 0 Å². The Labute approximate surface area is 208 Å². The molecule has 0 aromatic heterocycles. The Balaban J connectivity index is 1.00. The van der Waals surface area contributed by atoms with Gasteiger partial charge in [-0.05, 0) is 76.0 Å².